The zero-order chi connectivity index (χ0) is 18.1. The second kappa shape index (κ2) is 9.89. The van der Waals surface area contributed by atoms with Gasteiger partial charge in [-0.2, -0.15) is 0 Å². The van der Waals surface area contributed by atoms with Crippen molar-refractivity contribution < 1.29 is 29.4 Å². The van der Waals surface area contributed by atoms with Crippen molar-refractivity contribution >= 4 is 23.8 Å². The smallest absolute Gasteiger partial charge is 0.325 e. The van der Waals surface area contributed by atoms with Crippen LogP contribution in [-0.2, 0) is 19.2 Å². The number of hydrogen-bond acceptors (Lipinski definition) is 4. The fourth-order valence-corrected chi connectivity index (χ4v) is 2.77. The Hall–Kier alpha value is -2.12. The summed E-state index contributed by atoms with van der Waals surface area (Å²) < 4.78 is 0. The van der Waals surface area contributed by atoms with E-state index in [1.165, 1.54) is 6.92 Å². The number of carboxylic acid groups (broad SMARTS) is 2. The Bertz CT molecular complexity index is 471. The number of rotatable bonds is 9. The monoisotopic (exact) mass is 342 g/mol. The van der Waals surface area contributed by atoms with Gasteiger partial charge in [-0.15, -0.1) is 0 Å². The Morgan fingerprint density at radius 3 is 2.21 bits per heavy atom. The Morgan fingerprint density at radius 1 is 1.04 bits per heavy atom. The lowest BCUT2D eigenvalue weighted by Crippen LogP contribution is -2.43. The van der Waals surface area contributed by atoms with Gasteiger partial charge in [0.25, 0.3) is 0 Å². The van der Waals surface area contributed by atoms with Crippen LogP contribution in [0.15, 0.2) is 0 Å². The number of carboxylic acids is 2. The molecular weight excluding hydrogens is 316 g/mol. The van der Waals surface area contributed by atoms with Crippen LogP contribution in [0.4, 0.5) is 0 Å². The van der Waals surface area contributed by atoms with Gasteiger partial charge in [0, 0.05) is 25.3 Å². The number of carbonyl (C=O) groups excluding carboxylic acids is 2. The largest absolute Gasteiger partial charge is 0.481 e. The highest BCUT2D eigenvalue weighted by atomic mass is 16.4. The van der Waals surface area contributed by atoms with Crippen LogP contribution in [0.3, 0.4) is 0 Å². The van der Waals surface area contributed by atoms with E-state index in [2.05, 4.69) is 10.6 Å². The van der Waals surface area contributed by atoms with Gasteiger partial charge >= 0.3 is 11.9 Å². The lowest BCUT2D eigenvalue weighted by molar-refractivity contribution is -0.142. The molecule has 0 aromatic carbocycles. The molecule has 0 aromatic rings. The highest BCUT2D eigenvalue weighted by Crippen LogP contribution is 2.28. The summed E-state index contributed by atoms with van der Waals surface area (Å²) in [6.07, 6.45) is 3.48. The van der Waals surface area contributed by atoms with E-state index >= 15 is 0 Å². The fourth-order valence-electron chi connectivity index (χ4n) is 2.77. The third kappa shape index (κ3) is 7.43. The van der Waals surface area contributed by atoms with Crippen LogP contribution in [0.2, 0.25) is 0 Å². The second-order valence-corrected chi connectivity index (χ2v) is 6.34. The zero-order valence-electron chi connectivity index (χ0n) is 13.9. The predicted octanol–water partition coefficient (Wildman–Crippen LogP) is 0.753. The molecule has 0 saturated heterocycles. The Balaban J connectivity index is 2.21. The van der Waals surface area contributed by atoms with Crippen molar-refractivity contribution in [2.24, 2.45) is 11.8 Å². The summed E-state index contributed by atoms with van der Waals surface area (Å²) in [5, 5.41) is 22.6. The molecule has 1 rings (SSSR count). The lowest BCUT2D eigenvalue weighted by atomic mass is 9.81. The van der Waals surface area contributed by atoms with Gasteiger partial charge in [-0.1, -0.05) is 0 Å². The molecule has 0 radical (unpaired) electrons. The molecule has 1 saturated carbocycles. The van der Waals surface area contributed by atoms with E-state index in [1.807, 2.05) is 0 Å². The Labute approximate surface area is 141 Å². The van der Waals surface area contributed by atoms with Crippen molar-refractivity contribution in [1.82, 2.24) is 10.6 Å². The van der Waals surface area contributed by atoms with Crippen LogP contribution in [0, 0.1) is 11.8 Å². The first-order chi connectivity index (χ1) is 11.3. The Kier molecular flexibility index (Phi) is 8.21. The van der Waals surface area contributed by atoms with E-state index in [-0.39, 0.29) is 30.6 Å². The summed E-state index contributed by atoms with van der Waals surface area (Å²) in [4.78, 5) is 44.7. The predicted molar refractivity (Wildman–Crippen MR) is 85.2 cm³/mol. The minimum Gasteiger partial charge on any atom is -0.481 e. The Morgan fingerprint density at radius 2 is 1.67 bits per heavy atom. The minimum absolute atomic E-state index is 0.0115. The van der Waals surface area contributed by atoms with Crippen molar-refractivity contribution in [3.05, 3.63) is 0 Å². The lowest BCUT2D eigenvalue weighted by Gasteiger charge is -2.28. The van der Waals surface area contributed by atoms with Gasteiger partial charge in [-0.05, 0) is 44.9 Å². The first-order valence-corrected chi connectivity index (χ1v) is 8.31. The fraction of sp³-hybridized carbons (Fsp3) is 0.750. The molecule has 0 aliphatic heterocycles. The van der Waals surface area contributed by atoms with Crippen molar-refractivity contribution in [2.45, 2.75) is 57.9 Å². The molecule has 0 bridgehead atoms. The number of amides is 2. The number of hydrogen-bond donors (Lipinski definition) is 4. The van der Waals surface area contributed by atoms with Gasteiger partial charge in [-0.25, -0.2) is 0 Å². The van der Waals surface area contributed by atoms with E-state index in [4.69, 9.17) is 10.2 Å². The van der Waals surface area contributed by atoms with Crippen molar-refractivity contribution in [3.8, 4) is 0 Å². The molecule has 8 nitrogen and oxygen atoms in total. The number of nitrogens with one attached hydrogen (secondary N) is 2. The highest BCUT2D eigenvalue weighted by molar-refractivity contribution is 5.84. The maximum absolute atomic E-state index is 12.0. The van der Waals surface area contributed by atoms with Crippen LogP contribution < -0.4 is 10.6 Å². The highest BCUT2D eigenvalue weighted by Gasteiger charge is 2.28. The van der Waals surface area contributed by atoms with E-state index in [1.54, 1.807) is 0 Å². The molecule has 8 heteroatoms. The first kappa shape index (κ1) is 19.9. The maximum atomic E-state index is 12.0. The van der Waals surface area contributed by atoms with Gasteiger partial charge in [0.15, 0.2) is 0 Å². The minimum atomic E-state index is -1.05. The third-order valence-electron chi connectivity index (χ3n) is 4.33. The molecule has 4 N–H and O–H groups in total. The van der Waals surface area contributed by atoms with Crippen LogP contribution in [0.1, 0.15) is 51.9 Å². The summed E-state index contributed by atoms with van der Waals surface area (Å²) >= 11 is 0. The first-order valence-electron chi connectivity index (χ1n) is 8.31. The van der Waals surface area contributed by atoms with Gasteiger partial charge in [0.1, 0.15) is 6.04 Å². The normalized spacial score (nSPS) is 21.5. The molecule has 1 fully saturated rings. The molecule has 136 valence electrons. The van der Waals surface area contributed by atoms with E-state index in [0.717, 1.165) is 12.8 Å². The standard InChI is InChI=1S/C16H26N2O6/c1-10(16(23)24)18-15(22)12-7-5-11(6-8-12)9-17-13(19)3-2-4-14(20)21/h10-12H,2-9H2,1H3,(H,17,19)(H,18,22)(H,20,21)(H,23,24)/t10-,11-,12-/m0/s1. The van der Waals surface area contributed by atoms with Crippen LogP contribution in [0.25, 0.3) is 0 Å². The van der Waals surface area contributed by atoms with Crippen molar-refractivity contribution in [1.29, 1.82) is 0 Å². The topological polar surface area (TPSA) is 133 Å². The molecular formula is C16H26N2O6. The van der Waals surface area contributed by atoms with Crippen LogP contribution in [-0.4, -0.2) is 46.6 Å². The molecule has 1 atom stereocenters. The van der Waals surface area contributed by atoms with Crippen LogP contribution >= 0.6 is 0 Å². The van der Waals surface area contributed by atoms with Crippen molar-refractivity contribution in [2.75, 3.05) is 6.54 Å². The summed E-state index contributed by atoms with van der Waals surface area (Å²) in [6, 6.07) is -0.889. The van der Waals surface area contributed by atoms with E-state index < -0.39 is 18.0 Å². The maximum Gasteiger partial charge on any atom is 0.325 e. The van der Waals surface area contributed by atoms with Gasteiger partial charge in [-0.3, -0.25) is 19.2 Å². The second-order valence-electron chi connectivity index (χ2n) is 6.34. The average Bonchev–Trinajstić information content (AvgIpc) is 2.52. The SMILES string of the molecule is C[C@H](NC(=O)[C@H]1CC[C@H](CNC(=O)CCCC(=O)O)CC1)C(=O)O. The molecule has 1 aliphatic rings. The molecule has 1 aliphatic carbocycles. The average molecular weight is 342 g/mol. The van der Waals surface area contributed by atoms with E-state index in [0.29, 0.717) is 31.7 Å². The molecule has 2 amide bonds. The third-order valence-corrected chi connectivity index (χ3v) is 4.33. The summed E-state index contributed by atoms with van der Waals surface area (Å²) in [6.45, 7) is 1.97. The van der Waals surface area contributed by atoms with Gasteiger partial charge in [0.05, 0.1) is 0 Å². The van der Waals surface area contributed by atoms with Crippen molar-refractivity contribution in [3.63, 3.8) is 0 Å². The molecule has 0 aromatic heterocycles. The number of aliphatic carboxylic acids is 2. The summed E-state index contributed by atoms with van der Waals surface area (Å²) in [5.41, 5.74) is 0. The summed E-state index contributed by atoms with van der Waals surface area (Å²) in [5.74, 6) is -2.20. The molecule has 0 heterocycles. The van der Waals surface area contributed by atoms with E-state index in [9.17, 15) is 19.2 Å². The van der Waals surface area contributed by atoms with Gasteiger partial charge < -0.3 is 20.8 Å². The van der Waals surface area contributed by atoms with Crippen LogP contribution in [0.5, 0.6) is 0 Å². The summed E-state index contributed by atoms with van der Waals surface area (Å²) in [7, 11) is 0. The zero-order valence-corrected chi connectivity index (χ0v) is 13.9. The van der Waals surface area contributed by atoms with Gasteiger partial charge in [0.2, 0.25) is 11.8 Å². The number of carbonyl (C=O) groups is 4. The quantitative estimate of drug-likeness (QED) is 0.489. The molecule has 0 spiro atoms. The molecule has 0 unspecified atom stereocenters. The molecule has 24 heavy (non-hydrogen) atoms.